The van der Waals surface area contributed by atoms with Gasteiger partial charge in [-0.3, -0.25) is 0 Å². The molecule has 3 rings (SSSR count). The molecule has 0 aliphatic heterocycles. The second-order valence-electron chi connectivity index (χ2n) is 4.50. The van der Waals surface area contributed by atoms with Crippen LogP contribution in [-0.4, -0.2) is 24.4 Å². The van der Waals surface area contributed by atoms with E-state index >= 15 is 0 Å². The standard InChI is InChI=1S/C16H13BrN2O3/c1-20-13-7-6-10(9-14(13)21-2)15-18-16(22-19-15)11-4-3-5-12(17)8-11/h3-9H,1-2H3. The lowest BCUT2D eigenvalue weighted by molar-refractivity contribution is 0.355. The van der Waals surface area contributed by atoms with E-state index in [-0.39, 0.29) is 0 Å². The summed E-state index contributed by atoms with van der Waals surface area (Å²) in [5, 5.41) is 4.03. The Balaban J connectivity index is 1.97. The number of rotatable bonds is 4. The van der Waals surface area contributed by atoms with Crippen LogP contribution in [0.4, 0.5) is 0 Å². The third-order valence-electron chi connectivity index (χ3n) is 3.14. The predicted octanol–water partition coefficient (Wildman–Crippen LogP) is 4.18. The Morgan fingerprint density at radius 2 is 1.77 bits per heavy atom. The third kappa shape index (κ3) is 2.82. The summed E-state index contributed by atoms with van der Waals surface area (Å²) in [6, 6.07) is 13.2. The van der Waals surface area contributed by atoms with E-state index < -0.39 is 0 Å². The van der Waals surface area contributed by atoms with Gasteiger partial charge in [0, 0.05) is 15.6 Å². The fourth-order valence-corrected chi connectivity index (χ4v) is 2.45. The number of nitrogens with zero attached hydrogens (tertiary/aromatic N) is 2. The van der Waals surface area contributed by atoms with Crippen LogP contribution in [0.15, 0.2) is 51.5 Å². The van der Waals surface area contributed by atoms with E-state index in [1.165, 1.54) is 0 Å². The zero-order chi connectivity index (χ0) is 15.5. The molecule has 22 heavy (non-hydrogen) atoms. The van der Waals surface area contributed by atoms with E-state index in [2.05, 4.69) is 26.1 Å². The van der Waals surface area contributed by atoms with Crippen molar-refractivity contribution in [2.24, 2.45) is 0 Å². The average molecular weight is 361 g/mol. The van der Waals surface area contributed by atoms with Crippen molar-refractivity contribution in [3.05, 3.63) is 46.9 Å². The first kappa shape index (κ1) is 14.6. The Kier molecular flexibility index (Phi) is 4.11. The number of hydrogen-bond donors (Lipinski definition) is 0. The minimum absolute atomic E-state index is 0.464. The van der Waals surface area contributed by atoms with Crippen molar-refractivity contribution >= 4 is 15.9 Å². The maximum atomic E-state index is 5.34. The average Bonchev–Trinajstić information content (AvgIpc) is 3.04. The molecule has 0 radical (unpaired) electrons. The zero-order valence-electron chi connectivity index (χ0n) is 12.0. The Hall–Kier alpha value is -2.34. The van der Waals surface area contributed by atoms with E-state index in [9.17, 15) is 0 Å². The van der Waals surface area contributed by atoms with E-state index in [4.69, 9.17) is 14.0 Å². The van der Waals surface area contributed by atoms with E-state index in [1.54, 1.807) is 14.2 Å². The maximum Gasteiger partial charge on any atom is 0.258 e. The fourth-order valence-electron chi connectivity index (χ4n) is 2.05. The molecule has 0 aliphatic rings. The number of methoxy groups -OCH3 is 2. The summed E-state index contributed by atoms with van der Waals surface area (Å²) in [4.78, 5) is 4.43. The molecule has 0 bridgehead atoms. The molecule has 112 valence electrons. The van der Waals surface area contributed by atoms with Gasteiger partial charge in [-0.2, -0.15) is 4.98 Å². The molecule has 0 spiro atoms. The molecule has 0 atom stereocenters. The maximum absolute atomic E-state index is 5.34. The quantitative estimate of drug-likeness (QED) is 0.698. The van der Waals surface area contributed by atoms with Crippen LogP contribution in [0.3, 0.4) is 0 Å². The SMILES string of the molecule is COc1ccc(-c2noc(-c3cccc(Br)c3)n2)cc1OC. The normalized spacial score (nSPS) is 10.5. The molecule has 2 aromatic carbocycles. The second-order valence-corrected chi connectivity index (χ2v) is 5.42. The molecular weight excluding hydrogens is 348 g/mol. The predicted molar refractivity (Wildman–Crippen MR) is 86.0 cm³/mol. The Labute approximate surface area is 136 Å². The zero-order valence-corrected chi connectivity index (χ0v) is 13.6. The van der Waals surface area contributed by atoms with Gasteiger partial charge in [0.05, 0.1) is 14.2 Å². The van der Waals surface area contributed by atoms with Crippen LogP contribution < -0.4 is 9.47 Å². The molecular formula is C16H13BrN2O3. The summed E-state index contributed by atoms with van der Waals surface area (Å²) in [6.45, 7) is 0. The Morgan fingerprint density at radius 3 is 2.50 bits per heavy atom. The lowest BCUT2D eigenvalue weighted by Crippen LogP contribution is -1.91. The van der Waals surface area contributed by atoms with Crippen LogP contribution in [0.1, 0.15) is 0 Å². The van der Waals surface area contributed by atoms with Crippen LogP contribution in [0, 0.1) is 0 Å². The van der Waals surface area contributed by atoms with Gasteiger partial charge in [-0.15, -0.1) is 0 Å². The molecule has 6 heteroatoms. The molecule has 0 aliphatic carbocycles. The van der Waals surface area contributed by atoms with Crippen molar-refractivity contribution in [2.75, 3.05) is 14.2 Å². The van der Waals surface area contributed by atoms with Crippen LogP contribution in [0.25, 0.3) is 22.8 Å². The highest BCUT2D eigenvalue weighted by atomic mass is 79.9. The highest BCUT2D eigenvalue weighted by molar-refractivity contribution is 9.10. The topological polar surface area (TPSA) is 57.4 Å². The van der Waals surface area contributed by atoms with Crippen molar-refractivity contribution in [1.82, 2.24) is 10.1 Å². The molecule has 3 aromatic rings. The summed E-state index contributed by atoms with van der Waals surface area (Å²) in [5.41, 5.74) is 1.65. The second kappa shape index (κ2) is 6.19. The van der Waals surface area contributed by atoms with E-state index in [0.29, 0.717) is 23.2 Å². The lowest BCUT2D eigenvalue weighted by atomic mass is 10.2. The number of hydrogen-bond acceptors (Lipinski definition) is 5. The third-order valence-corrected chi connectivity index (χ3v) is 3.63. The van der Waals surface area contributed by atoms with Gasteiger partial charge in [0.25, 0.3) is 5.89 Å². The van der Waals surface area contributed by atoms with Gasteiger partial charge >= 0.3 is 0 Å². The minimum atomic E-state index is 0.464. The summed E-state index contributed by atoms with van der Waals surface area (Å²) in [6.07, 6.45) is 0. The van der Waals surface area contributed by atoms with Gasteiger partial charge in [-0.1, -0.05) is 27.2 Å². The summed E-state index contributed by atoms with van der Waals surface area (Å²) < 4.78 is 16.8. The molecule has 0 fully saturated rings. The van der Waals surface area contributed by atoms with Crippen molar-refractivity contribution < 1.29 is 14.0 Å². The van der Waals surface area contributed by atoms with Gasteiger partial charge in [0.1, 0.15) is 0 Å². The molecule has 0 N–H and O–H groups in total. The number of aromatic nitrogens is 2. The summed E-state index contributed by atoms with van der Waals surface area (Å²) in [7, 11) is 3.18. The Morgan fingerprint density at radius 1 is 0.955 bits per heavy atom. The lowest BCUT2D eigenvalue weighted by Gasteiger charge is -2.07. The minimum Gasteiger partial charge on any atom is -0.493 e. The monoisotopic (exact) mass is 360 g/mol. The number of halogens is 1. The first-order valence-corrected chi connectivity index (χ1v) is 7.32. The molecule has 0 unspecified atom stereocenters. The van der Waals surface area contributed by atoms with Crippen molar-refractivity contribution in [2.45, 2.75) is 0 Å². The van der Waals surface area contributed by atoms with Crippen LogP contribution in [0.5, 0.6) is 11.5 Å². The molecule has 1 heterocycles. The number of benzene rings is 2. The molecule has 0 saturated heterocycles. The fraction of sp³-hybridized carbons (Fsp3) is 0.125. The van der Waals surface area contributed by atoms with Crippen LogP contribution >= 0.6 is 15.9 Å². The largest absolute Gasteiger partial charge is 0.493 e. The summed E-state index contributed by atoms with van der Waals surface area (Å²) in [5.74, 6) is 2.23. The van der Waals surface area contributed by atoms with Crippen molar-refractivity contribution in [3.8, 4) is 34.3 Å². The van der Waals surface area contributed by atoms with Gasteiger partial charge in [-0.25, -0.2) is 0 Å². The summed E-state index contributed by atoms with van der Waals surface area (Å²) >= 11 is 3.43. The van der Waals surface area contributed by atoms with Gasteiger partial charge in [0.15, 0.2) is 11.5 Å². The smallest absolute Gasteiger partial charge is 0.258 e. The van der Waals surface area contributed by atoms with E-state index in [1.807, 2.05) is 42.5 Å². The van der Waals surface area contributed by atoms with Crippen LogP contribution in [0.2, 0.25) is 0 Å². The van der Waals surface area contributed by atoms with E-state index in [0.717, 1.165) is 15.6 Å². The van der Waals surface area contributed by atoms with Gasteiger partial charge in [0.2, 0.25) is 5.82 Å². The Bertz CT molecular complexity index is 802. The molecule has 0 saturated carbocycles. The van der Waals surface area contributed by atoms with Crippen molar-refractivity contribution in [3.63, 3.8) is 0 Å². The van der Waals surface area contributed by atoms with Gasteiger partial charge < -0.3 is 14.0 Å². The first-order valence-electron chi connectivity index (χ1n) is 6.53. The molecule has 0 amide bonds. The molecule has 5 nitrogen and oxygen atoms in total. The highest BCUT2D eigenvalue weighted by Crippen LogP contribution is 2.32. The van der Waals surface area contributed by atoms with Crippen molar-refractivity contribution in [1.29, 1.82) is 0 Å². The van der Waals surface area contributed by atoms with Gasteiger partial charge in [-0.05, 0) is 36.4 Å². The first-order chi connectivity index (χ1) is 10.7. The molecule has 1 aromatic heterocycles. The number of ether oxygens (including phenoxy) is 2. The highest BCUT2D eigenvalue weighted by Gasteiger charge is 2.13. The van der Waals surface area contributed by atoms with Crippen LogP contribution in [-0.2, 0) is 0 Å².